The van der Waals surface area contributed by atoms with Gasteiger partial charge < -0.3 is 19.5 Å². The highest BCUT2D eigenvalue weighted by atomic mass is 19.4. The van der Waals surface area contributed by atoms with Crippen LogP contribution in [0.25, 0.3) is 0 Å². The SMILES string of the molecule is COc1ccccc1CNC(=O)[C@H](C)OC(=O)c1ccc(OC(F)(F)F)cc1. The Balaban J connectivity index is 1.89. The first kappa shape index (κ1) is 21.1. The van der Waals surface area contributed by atoms with Gasteiger partial charge in [-0.15, -0.1) is 13.2 Å². The summed E-state index contributed by atoms with van der Waals surface area (Å²) in [5, 5.41) is 2.62. The number of benzene rings is 2. The van der Waals surface area contributed by atoms with Crippen molar-refractivity contribution in [2.45, 2.75) is 25.9 Å². The van der Waals surface area contributed by atoms with Crippen LogP contribution in [0.15, 0.2) is 48.5 Å². The van der Waals surface area contributed by atoms with Gasteiger partial charge in [0.25, 0.3) is 5.91 Å². The third kappa shape index (κ3) is 6.19. The molecule has 0 spiro atoms. The molecule has 1 N–H and O–H groups in total. The lowest BCUT2D eigenvalue weighted by Crippen LogP contribution is -2.35. The minimum absolute atomic E-state index is 0.0149. The molecular formula is C19H18F3NO5. The van der Waals surface area contributed by atoms with Crippen molar-refractivity contribution in [2.75, 3.05) is 7.11 Å². The molecule has 1 amide bonds. The van der Waals surface area contributed by atoms with E-state index in [4.69, 9.17) is 9.47 Å². The molecule has 0 saturated carbocycles. The second kappa shape index (κ2) is 9.12. The van der Waals surface area contributed by atoms with Crippen LogP contribution in [0.2, 0.25) is 0 Å². The van der Waals surface area contributed by atoms with E-state index in [1.165, 1.54) is 14.0 Å². The smallest absolute Gasteiger partial charge is 0.496 e. The Morgan fingerprint density at radius 3 is 2.32 bits per heavy atom. The number of carbonyl (C=O) groups is 2. The molecule has 0 heterocycles. The van der Waals surface area contributed by atoms with Gasteiger partial charge in [-0.3, -0.25) is 4.79 Å². The lowest BCUT2D eigenvalue weighted by atomic mass is 10.2. The molecule has 0 radical (unpaired) electrons. The highest BCUT2D eigenvalue weighted by Crippen LogP contribution is 2.23. The Labute approximate surface area is 159 Å². The van der Waals surface area contributed by atoms with Crippen molar-refractivity contribution in [1.29, 1.82) is 0 Å². The number of esters is 1. The lowest BCUT2D eigenvalue weighted by molar-refractivity contribution is -0.274. The number of methoxy groups -OCH3 is 1. The molecular weight excluding hydrogens is 379 g/mol. The van der Waals surface area contributed by atoms with Crippen LogP contribution in [0.5, 0.6) is 11.5 Å². The first-order chi connectivity index (χ1) is 13.2. The summed E-state index contributed by atoms with van der Waals surface area (Å²) in [7, 11) is 1.51. The zero-order valence-corrected chi connectivity index (χ0v) is 15.1. The molecule has 6 nitrogen and oxygen atoms in total. The molecule has 0 unspecified atom stereocenters. The van der Waals surface area contributed by atoms with Crippen LogP contribution in [0, 0.1) is 0 Å². The zero-order chi connectivity index (χ0) is 20.7. The Kier molecular flexibility index (Phi) is 6.86. The van der Waals surface area contributed by atoms with Crippen LogP contribution in [0.4, 0.5) is 13.2 Å². The van der Waals surface area contributed by atoms with Crippen LogP contribution >= 0.6 is 0 Å². The van der Waals surface area contributed by atoms with E-state index in [0.29, 0.717) is 5.75 Å². The number of nitrogens with one attached hydrogen (secondary N) is 1. The Morgan fingerprint density at radius 1 is 1.07 bits per heavy atom. The molecule has 0 aliphatic heterocycles. The third-order valence-electron chi connectivity index (χ3n) is 3.62. The summed E-state index contributed by atoms with van der Waals surface area (Å²) in [5.41, 5.74) is 0.732. The van der Waals surface area contributed by atoms with E-state index >= 15 is 0 Å². The summed E-state index contributed by atoms with van der Waals surface area (Å²) >= 11 is 0. The monoisotopic (exact) mass is 397 g/mol. The third-order valence-corrected chi connectivity index (χ3v) is 3.62. The topological polar surface area (TPSA) is 73.9 Å². The maximum absolute atomic E-state index is 12.1. The second-order valence-electron chi connectivity index (χ2n) is 5.65. The van der Waals surface area contributed by atoms with Gasteiger partial charge in [0.1, 0.15) is 11.5 Å². The highest BCUT2D eigenvalue weighted by molar-refractivity contribution is 5.92. The number of amides is 1. The molecule has 0 fully saturated rings. The van der Waals surface area contributed by atoms with Gasteiger partial charge in [-0.25, -0.2) is 4.79 Å². The van der Waals surface area contributed by atoms with Crippen molar-refractivity contribution in [3.8, 4) is 11.5 Å². The number of halogens is 3. The van der Waals surface area contributed by atoms with Crippen LogP contribution in [0.3, 0.4) is 0 Å². The number of alkyl halides is 3. The molecule has 0 saturated heterocycles. The predicted molar refractivity (Wildman–Crippen MR) is 92.8 cm³/mol. The van der Waals surface area contributed by atoms with Crippen molar-refractivity contribution in [2.24, 2.45) is 0 Å². The molecule has 0 bridgehead atoms. The quantitative estimate of drug-likeness (QED) is 0.725. The summed E-state index contributed by atoms with van der Waals surface area (Å²) in [4.78, 5) is 24.2. The average molecular weight is 397 g/mol. The number of hydrogen-bond donors (Lipinski definition) is 1. The fourth-order valence-electron chi connectivity index (χ4n) is 2.25. The summed E-state index contributed by atoms with van der Waals surface area (Å²) in [6.45, 7) is 1.56. The standard InChI is InChI=1S/C19H18F3NO5/c1-12(17(24)23-11-14-5-3-4-6-16(14)26-2)27-18(25)13-7-9-15(10-8-13)28-19(20,21)22/h3-10,12H,11H2,1-2H3,(H,23,24)/t12-/m0/s1. The van der Waals surface area contributed by atoms with Gasteiger partial charge in [0, 0.05) is 12.1 Å². The molecule has 0 aliphatic carbocycles. The van der Waals surface area contributed by atoms with Crippen molar-refractivity contribution in [1.82, 2.24) is 5.32 Å². The maximum atomic E-state index is 12.1. The minimum Gasteiger partial charge on any atom is -0.496 e. The molecule has 28 heavy (non-hydrogen) atoms. The zero-order valence-electron chi connectivity index (χ0n) is 15.1. The Bertz CT molecular complexity index is 821. The van der Waals surface area contributed by atoms with Gasteiger partial charge in [-0.2, -0.15) is 0 Å². The van der Waals surface area contributed by atoms with Crippen LogP contribution < -0.4 is 14.8 Å². The summed E-state index contributed by atoms with van der Waals surface area (Å²) < 4.78 is 50.4. The molecule has 150 valence electrons. The maximum Gasteiger partial charge on any atom is 0.573 e. The Hall–Kier alpha value is -3.23. The van der Waals surface area contributed by atoms with Crippen molar-refractivity contribution >= 4 is 11.9 Å². The molecule has 2 aromatic carbocycles. The first-order valence-electron chi connectivity index (χ1n) is 8.16. The van der Waals surface area contributed by atoms with Gasteiger partial charge in [0.2, 0.25) is 0 Å². The van der Waals surface area contributed by atoms with Crippen molar-refractivity contribution in [3.05, 3.63) is 59.7 Å². The number of ether oxygens (including phenoxy) is 3. The number of rotatable bonds is 7. The highest BCUT2D eigenvalue weighted by Gasteiger charge is 2.31. The van der Waals surface area contributed by atoms with Crippen LogP contribution in [-0.2, 0) is 16.1 Å². The number of carbonyl (C=O) groups excluding carboxylic acids is 2. The molecule has 0 aromatic heterocycles. The molecule has 2 aromatic rings. The number of para-hydroxylation sites is 1. The van der Waals surface area contributed by atoms with Gasteiger partial charge in [-0.1, -0.05) is 18.2 Å². The van der Waals surface area contributed by atoms with E-state index in [1.807, 2.05) is 0 Å². The molecule has 2 rings (SSSR count). The molecule has 1 atom stereocenters. The second-order valence-corrected chi connectivity index (χ2v) is 5.65. The largest absolute Gasteiger partial charge is 0.573 e. The summed E-state index contributed by atoms with van der Waals surface area (Å²) in [6, 6.07) is 11.3. The van der Waals surface area contributed by atoms with E-state index in [0.717, 1.165) is 29.8 Å². The van der Waals surface area contributed by atoms with Gasteiger partial charge >= 0.3 is 12.3 Å². The van der Waals surface area contributed by atoms with Crippen LogP contribution in [0.1, 0.15) is 22.8 Å². The first-order valence-corrected chi connectivity index (χ1v) is 8.16. The van der Waals surface area contributed by atoms with E-state index in [1.54, 1.807) is 24.3 Å². The van der Waals surface area contributed by atoms with Gasteiger partial charge in [0.15, 0.2) is 6.10 Å². The van der Waals surface area contributed by atoms with Gasteiger partial charge in [-0.05, 0) is 37.3 Å². The molecule has 9 heteroatoms. The normalized spacial score (nSPS) is 12.0. The minimum atomic E-state index is -4.82. The Morgan fingerprint density at radius 2 is 1.71 bits per heavy atom. The lowest BCUT2D eigenvalue weighted by Gasteiger charge is -2.15. The van der Waals surface area contributed by atoms with Crippen molar-refractivity contribution < 1.29 is 37.0 Å². The van der Waals surface area contributed by atoms with E-state index in [9.17, 15) is 22.8 Å². The van der Waals surface area contributed by atoms with Gasteiger partial charge in [0.05, 0.1) is 12.7 Å². The predicted octanol–water partition coefficient (Wildman–Crippen LogP) is 3.46. The fraction of sp³-hybridized carbons (Fsp3) is 0.263. The van der Waals surface area contributed by atoms with E-state index < -0.39 is 30.1 Å². The van der Waals surface area contributed by atoms with Crippen molar-refractivity contribution in [3.63, 3.8) is 0 Å². The summed E-state index contributed by atoms with van der Waals surface area (Å²) in [5.74, 6) is -1.24. The van der Waals surface area contributed by atoms with E-state index in [-0.39, 0.29) is 12.1 Å². The average Bonchev–Trinajstić information content (AvgIpc) is 2.65. The van der Waals surface area contributed by atoms with Crippen LogP contribution in [-0.4, -0.2) is 31.5 Å². The van der Waals surface area contributed by atoms with E-state index in [2.05, 4.69) is 10.1 Å². The molecule has 0 aliphatic rings. The number of hydrogen-bond acceptors (Lipinski definition) is 5. The summed E-state index contributed by atoms with van der Waals surface area (Å²) in [6.07, 6.45) is -5.93. The fourth-order valence-corrected chi connectivity index (χ4v) is 2.25.